The maximum atomic E-state index is 10.9. The average Bonchev–Trinajstić information content (AvgIpc) is 2.74. The minimum atomic E-state index is -0.924. The summed E-state index contributed by atoms with van der Waals surface area (Å²) in [6.45, 7) is 0. The van der Waals surface area contributed by atoms with Crippen molar-refractivity contribution in [2.75, 3.05) is 11.6 Å². The maximum absolute atomic E-state index is 10.9. The molecule has 2 rings (SSSR count). The van der Waals surface area contributed by atoms with Gasteiger partial charge in [-0.2, -0.15) is 0 Å². The Balaban J connectivity index is 2.29. The zero-order valence-electron chi connectivity index (χ0n) is 8.88. The van der Waals surface area contributed by atoms with E-state index < -0.39 is 5.97 Å². The number of aromatic nitrogens is 2. The highest BCUT2D eigenvalue weighted by molar-refractivity contribution is 8.00. The molecule has 0 aliphatic heterocycles. The fraction of sp³-hybridized carbons (Fsp3) is 0.100. The molecule has 2 aromatic heterocycles. The highest BCUT2D eigenvalue weighted by Gasteiger charge is 2.13. The van der Waals surface area contributed by atoms with Crippen LogP contribution in [0.5, 0.6) is 0 Å². The molecule has 0 saturated heterocycles. The van der Waals surface area contributed by atoms with Crippen molar-refractivity contribution >= 4 is 40.7 Å². The largest absolute Gasteiger partial charge is 0.477 e. The second kappa shape index (κ2) is 5.15. The van der Waals surface area contributed by atoms with Crippen LogP contribution in [0.3, 0.4) is 0 Å². The van der Waals surface area contributed by atoms with Gasteiger partial charge < -0.3 is 10.4 Å². The SMILES string of the molecule is CSc1sc(C(=O)O)cc1Nc1ncccn1. The molecule has 0 aliphatic rings. The lowest BCUT2D eigenvalue weighted by Crippen LogP contribution is -1.95. The number of carbonyl (C=O) groups is 1. The van der Waals surface area contributed by atoms with Gasteiger partial charge in [-0.3, -0.25) is 0 Å². The number of thioether (sulfide) groups is 1. The van der Waals surface area contributed by atoms with Gasteiger partial charge in [-0.1, -0.05) is 0 Å². The van der Waals surface area contributed by atoms with Crippen molar-refractivity contribution in [1.29, 1.82) is 0 Å². The minimum absolute atomic E-state index is 0.299. The summed E-state index contributed by atoms with van der Waals surface area (Å²) in [5, 5.41) is 11.9. The van der Waals surface area contributed by atoms with Gasteiger partial charge in [-0.15, -0.1) is 23.1 Å². The molecule has 2 heterocycles. The van der Waals surface area contributed by atoms with E-state index in [9.17, 15) is 4.79 Å². The van der Waals surface area contributed by atoms with Crippen molar-refractivity contribution in [3.63, 3.8) is 0 Å². The van der Waals surface area contributed by atoms with Crippen LogP contribution in [0.4, 0.5) is 11.6 Å². The summed E-state index contributed by atoms with van der Waals surface area (Å²) in [7, 11) is 0. The summed E-state index contributed by atoms with van der Waals surface area (Å²) in [6, 6.07) is 3.31. The number of hydrogen-bond donors (Lipinski definition) is 2. The van der Waals surface area contributed by atoms with Crippen LogP contribution in [0.1, 0.15) is 9.67 Å². The lowest BCUT2D eigenvalue weighted by Gasteiger charge is -2.02. The Morgan fingerprint density at radius 2 is 2.18 bits per heavy atom. The molecule has 17 heavy (non-hydrogen) atoms. The molecule has 0 bridgehead atoms. The summed E-state index contributed by atoms with van der Waals surface area (Å²) in [6.07, 6.45) is 5.14. The topological polar surface area (TPSA) is 75.1 Å². The van der Waals surface area contributed by atoms with Crippen LogP contribution in [0.2, 0.25) is 0 Å². The van der Waals surface area contributed by atoms with E-state index >= 15 is 0 Å². The van der Waals surface area contributed by atoms with E-state index in [0.29, 0.717) is 10.8 Å². The standard InChI is InChI=1S/C10H9N3O2S2/c1-16-9-6(5-7(17-9)8(14)15)13-10-11-3-2-4-12-10/h2-5H,1H3,(H,14,15)(H,11,12,13). The first-order valence-corrected chi connectivity index (χ1v) is 6.70. The highest BCUT2D eigenvalue weighted by Crippen LogP contribution is 2.35. The Morgan fingerprint density at radius 1 is 1.47 bits per heavy atom. The number of rotatable bonds is 4. The molecule has 0 fully saturated rings. The number of hydrogen-bond acceptors (Lipinski definition) is 6. The summed E-state index contributed by atoms with van der Waals surface area (Å²) >= 11 is 2.72. The van der Waals surface area contributed by atoms with E-state index in [2.05, 4.69) is 15.3 Å². The number of nitrogens with one attached hydrogen (secondary N) is 1. The lowest BCUT2D eigenvalue weighted by molar-refractivity contribution is 0.0702. The van der Waals surface area contributed by atoms with Gasteiger partial charge in [-0.05, 0) is 18.4 Å². The Kier molecular flexibility index (Phi) is 3.60. The minimum Gasteiger partial charge on any atom is -0.477 e. The quantitative estimate of drug-likeness (QED) is 0.830. The molecule has 0 radical (unpaired) electrons. The van der Waals surface area contributed by atoms with Gasteiger partial charge in [0.2, 0.25) is 5.95 Å². The first kappa shape index (κ1) is 11.9. The first-order valence-electron chi connectivity index (χ1n) is 4.66. The monoisotopic (exact) mass is 267 g/mol. The average molecular weight is 267 g/mol. The molecule has 0 saturated carbocycles. The van der Waals surface area contributed by atoms with Crippen molar-refractivity contribution in [2.45, 2.75) is 4.21 Å². The van der Waals surface area contributed by atoms with E-state index in [1.54, 1.807) is 24.5 Å². The summed E-state index contributed by atoms with van der Waals surface area (Å²) in [5.74, 6) is -0.468. The van der Waals surface area contributed by atoms with Crippen LogP contribution in [0.15, 0.2) is 28.7 Å². The molecule has 0 unspecified atom stereocenters. The van der Waals surface area contributed by atoms with Crippen LogP contribution in [-0.2, 0) is 0 Å². The second-order valence-electron chi connectivity index (χ2n) is 3.02. The van der Waals surface area contributed by atoms with E-state index in [-0.39, 0.29) is 0 Å². The molecule has 0 aliphatic carbocycles. The first-order chi connectivity index (χ1) is 8.20. The lowest BCUT2D eigenvalue weighted by atomic mass is 10.4. The highest BCUT2D eigenvalue weighted by atomic mass is 32.2. The smallest absolute Gasteiger partial charge is 0.345 e. The van der Waals surface area contributed by atoms with Gasteiger partial charge in [-0.25, -0.2) is 14.8 Å². The fourth-order valence-electron chi connectivity index (χ4n) is 1.20. The number of carboxylic acid groups (broad SMARTS) is 1. The molecule has 88 valence electrons. The molecular formula is C10H9N3O2S2. The molecule has 2 aromatic rings. The third-order valence-corrected chi connectivity index (χ3v) is 4.16. The van der Waals surface area contributed by atoms with Gasteiger partial charge >= 0.3 is 5.97 Å². The third kappa shape index (κ3) is 2.75. The fourth-order valence-corrected chi connectivity index (χ4v) is 2.82. The Hall–Kier alpha value is -1.60. The predicted octanol–water partition coefficient (Wildman–Crippen LogP) is 2.70. The molecule has 0 amide bonds. The second-order valence-corrected chi connectivity index (χ2v) is 5.15. The summed E-state index contributed by atoms with van der Waals surface area (Å²) < 4.78 is 0.898. The van der Waals surface area contributed by atoms with Crippen molar-refractivity contribution in [3.05, 3.63) is 29.4 Å². The summed E-state index contributed by atoms with van der Waals surface area (Å²) in [4.78, 5) is 19.2. The van der Waals surface area contributed by atoms with Crippen molar-refractivity contribution in [1.82, 2.24) is 9.97 Å². The Labute approximate surface area is 106 Å². The predicted molar refractivity (Wildman–Crippen MR) is 68.4 cm³/mol. The zero-order valence-corrected chi connectivity index (χ0v) is 10.5. The van der Waals surface area contributed by atoms with Crippen LogP contribution in [-0.4, -0.2) is 27.3 Å². The van der Waals surface area contributed by atoms with Gasteiger partial charge in [0.15, 0.2) is 0 Å². The molecule has 0 aromatic carbocycles. The van der Waals surface area contributed by atoms with Crippen LogP contribution in [0, 0.1) is 0 Å². The van der Waals surface area contributed by atoms with Crippen LogP contribution < -0.4 is 5.32 Å². The number of carboxylic acids is 1. The third-order valence-electron chi connectivity index (χ3n) is 1.91. The maximum Gasteiger partial charge on any atom is 0.345 e. The molecular weight excluding hydrogens is 258 g/mol. The summed E-state index contributed by atoms with van der Waals surface area (Å²) in [5.41, 5.74) is 0.728. The molecule has 0 spiro atoms. The van der Waals surface area contributed by atoms with Gasteiger partial charge in [0.05, 0.1) is 9.90 Å². The molecule has 7 heteroatoms. The number of thiophene rings is 1. The number of aromatic carboxylic acids is 1. The van der Waals surface area contributed by atoms with Crippen LogP contribution in [0.25, 0.3) is 0 Å². The zero-order chi connectivity index (χ0) is 12.3. The van der Waals surface area contributed by atoms with Crippen molar-refractivity contribution < 1.29 is 9.90 Å². The van der Waals surface area contributed by atoms with Crippen molar-refractivity contribution in [2.24, 2.45) is 0 Å². The Bertz CT molecular complexity index is 528. The molecule has 2 N–H and O–H groups in total. The van der Waals surface area contributed by atoms with Crippen molar-refractivity contribution in [3.8, 4) is 0 Å². The van der Waals surface area contributed by atoms with Gasteiger partial charge in [0, 0.05) is 12.4 Å². The van der Waals surface area contributed by atoms with E-state index in [4.69, 9.17) is 5.11 Å². The molecule has 0 atom stereocenters. The Morgan fingerprint density at radius 3 is 2.76 bits per heavy atom. The van der Waals surface area contributed by atoms with Crippen LogP contribution >= 0.6 is 23.1 Å². The normalized spacial score (nSPS) is 10.2. The number of nitrogens with zero attached hydrogens (tertiary/aromatic N) is 2. The van der Waals surface area contributed by atoms with E-state index in [1.165, 1.54) is 23.1 Å². The van der Waals surface area contributed by atoms with E-state index in [0.717, 1.165) is 9.90 Å². The van der Waals surface area contributed by atoms with Gasteiger partial charge in [0.1, 0.15) is 4.88 Å². The van der Waals surface area contributed by atoms with E-state index in [1.807, 2.05) is 6.26 Å². The molecule has 5 nitrogen and oxygen atoms in total. The number of anilines is 2. The van der Waals surface area contributed by atoms with Gasteiger partial charge in [0.25, 0.3) is 0 Å².